The van der Waals surface area contributed by atoms with Gasteiger partial charge in [-0.3, -0.25) is 19.3 Å². The summed E-state index contributed by atoms with van der Waals surface area (Å²) in [4.78, 5) is 36.3. The summed E-state index contributed by atoms with van der Waals surface area (Å²) < 4.78 is 11.2. The average Bonchev–Trinajstić information content (AvgIpc) is 2.94. The average molecular weight is 398 g/mol. The Balaban J connectivity index is 1.81. The Morgan fingerprint density at radius 1 is 1.14 bits per heavy atom. The molecule has 0 radical (unpaired) electrons. The molecule has 3 rings (SSSR count). The van der Waals surface area contributed by atoms with Gasteiger partial charge in [-0.2, -0.15) is 0 Å². The molecule has 0 aromatic heterocycles. The van der Waals surface area contributed by atoms with Crippen molar-refractivity contribution in [2.45, 2.75) is 6.61 Å². The third-order valence-electron chi connectivity index (χ3n) is 3.91. The SMILES string of the molecule is COc1ccc(/C=C2\SC(=O)N(CC(N)=O)C2=O)cc1OCc1ccccc1. The number of hydrogen-bond acceptors (Lipinski definition) is 6. The second kappa shape index (κ2) is 8.62. The molecule has 0 spiro atoms. The fourth-order valence-electron chi connectivity index (χ4n) is 2.57. The standard InChI is InChI=1S/C20H18N2O5S/c1-26-15-8-7-14(9-16(15)27-12-13-5-3-2-4-6-13)10-17-19(24)22(11-18(21)23)20(25)28-17/h2-10H,11-12H2,1H3,(H2,21,23)/b17-10-. The summed E-state index contributed by atoms with van der Waals surface area (Å²) in [5.41, 5.74) is 6.75. The normalized spacial score (nSPS) is 15.2. The van der Waals surface area contributed by atoms with Gasteiger partial charge >= 0.3 is 0 Å². The lowest BCUT2D eigenvalue weighted by atomic mass is 10.1. The van der Waals surface area contributed by atoms with Crippen LogP contribution in [0.3, 0.4) is 0 Å². The smallest absolute Gasteiger partial charge is 0.294 e. The first-order chi connectivity index (χ1) is 13.5. The van der Waals surface area contributed by atoms with E-state index in [-0.39, 0.29) is 4.91 Å². The fourth-order valence-corrected chi connectivity index (χ4v) is 3.41. The van der Waals surface area contributed by atoms with Gasteiger partial charge in [-0.25, -0.2) is 0 Å². The van der Waals surface area contributed by atoms with Gasteiger partial charge < -0.3 is 15.2 Å². The zero-order valence-electron chi connectivity index (χ0n) is 15.1. The highest BCUT2D eigenvalue weighted by molar-refractivity contribution is 8.18. The molecule has 1 fully saturated rings. The van der Waals surface area contributed by atoms with Crippen molar-refractivity contribution in [2.75, 3.05) is 13.7 Å². The zero-order valence-corrected chi connectivity index (χ0v) is 15.9. The number of nitrogens with zero attached hydrogens (tertiary/aromatic N) is 1. The predicted octanol–water partition coefficient (Wildman–Crippen LogP) is 2.80. The van der Waals surface area contributed by atoms with E-state index in [2.05, 4.69) is 0 Å². The van der Waals surface area contributed by atoms with E-state index in [9.17, 15) is 14.4 Å². The van der Waals surface area contributed by atoms with Crippen LogP contribution in [0.25, 0.3) is 6.08 Å². The summed E-state index contributed by atoms with van der Waals surface area (Å²) in [6.45, 7) is -0.0775. The van der Waals surface area contributed by atoms with Gasteiger partial charge in [0.05, 0.1) is 12.0 Å². The lowest BCUT2D eigenvalue weighted by molar-refractivity contribution is -0.127. The molecule has 1 heterocycles. The van der Waals surface area contributed by atoms with E-state index in [0.29, 0.717) is 23.7 Å². The van der Waals surface area contributed by atoms with Crippen molar-refractivity contribution < 1.29 is 23.9 Å². The first kappa shape index (κ1) is 19.5. The Morgan fingerprint density at radius 2 is 1.89 bits per heavy atom. The van der Waals surface area contributed by atoms with Crippen LogP contribution in [-0.4, -0.2) is 35.6 Å². The highest BCUT2D eigenvalue weighted by Gasteiger charge is 2.35. The van der Waals surface area contributed by atoms with E-state index in [0.717, 1.165) is 22.2 Å². The quantitative estimate of drug-likeness (QED) is 0.720. The van der Waals surface area contributed by atoms with Crippen LogP contribution in [0.5, 0.6) is 11.5 Å². The summed E-state index contributed by atoms with van der Waals surface area (Å²) in [6.07, 6.45) is 1.57. The predicted molar refractivity (Wildman–Crippen MR) is 106 cm³/mol. The van der Waals surface area contributed by atoms with E-state index >= 15 is 0 Å². The fraction of sp³-hybridized carbons (Fsp3) is 0.150. The third-order valence-corrected chi connectivity index (χ3v) is 4.82. The second-order valence-electron chi connectivity index (χ2n) is 5.92. The van der Waals surface area contributed by atoms with Crippen molar-refractivity contribution in [3.05, 3.63) is 64.6 Å². The van der Waals surface area contributed by atoms with Crippen LogP contribution < -0.4 is 15.2 Å². The molecule has 2 aromatic carbocycles. The molecule has 8 heteroatoms. The molecule has 2 aromatic rings. The molecule has 1 aliphatic rings. The number of imide groups is 1. The molecule has 2 N–H and O–H groups in total. The topological polar surface area (TPSA) is 98.9 Å². The van der Waals surface area contributed by atoms with Gasteiger partial charge in [0.2, 0.25) is 5.91 Å². The molecule has 3 amide bonds. The molecule has 7 nitrogen and oxygen atoms in total. The molecule has 0 atom stereocenters. The van der Waals surface area contributed by atoms with Crippen LogP contribution in [0.4, 0.5) is 4.79 Å². The van der Waals surface area contributed by atoms with E-state index in [1.807, 2.05) is 30.3 Å². The third kappa shape index (κ3) is 4.52. The number of ether oxygens (including phenoxy) is 2. The second-order valence-corrected chi connectivity index (χ2v) is 6.91. The number of nitrogens with two attached hydrogens (primary N) is 1. The summed E-state index contributed by atoms with van der Waals surface area (Å²) in [7, 11) is 1.54. The van der Waals surface area contributed by atoms with Gasteiger partial charge in [0, 0.05) is 0 Å². The van der Waals surface area contributed by atoms with Crippen molar-refractivity contribution in [3.63, 3.8) is 0 Å². The number of methoxy groups -OCH3 is 1. The van der Waals surface area contributed by atoms with Crippen LogP contribution in [0.15, 0.2) is 53.4 Å². The minimum absolute atomic E-state index is 0.213. The van der Waals surface area contributed by atoms with Gasteiger partial charge in [-0.15, -0.1) is 0 Å². The van der Waals surface area contributed by atoms with Crippen molar-refractivity contribution in [1.29, 1.82) is 0 Å². The number of benzene rings is 2. The Labute approximate surface area is 166 Å². The Hall–Kier alpha value is -3.26. The van der Waals surface area contributed by atoms with Crippen molar-refractivity contribution in [3.8, 4) is 11.5 Å². The van der Waals surface area contributed by atoms with Crippen LogP contribution in [0, 0.1) is 0 Å². The summed E-state index contributed by atoms with van der Waals surface area (Å²) >= 11 is 0.763. The van der Waals surface area contributed by atoms with Gasteiger partial charge in [0.25, 0.3) is 11.1 Å². The molecule has 144 valence electrons. The summed E-state index contributed by atoms with van der Waals surface area (Å²) in [6, 6.07) is 14.9. The zero-order chi connectivity index (χ0) is 20.1. The van der Waals surface area contributed by atoms with E-state index in [4.69, 9.17) is 15.2 Å². The van der Waals surface area contributed by atoms with Crippen LogP contribution in [0.1, 0.15) is 11.1 Å². The van der Waals surface area contributed by atoms with Gasteiger partial charge in [-0.1, -0.05) is 36.4 Å². The molecule has 0 saturated carbocycles. The van der Waals surface area contributed by atoms with Crippen molar-refractivity contribution >= 4 is 34.9 Å². The maximum atomic E-state index is 12.3. The number of rotatable bonds is 7. The van der Waals surface area contributed by atoms with Gasteiger partial charge in [-0.05, 0) is 41.1 Å². The first-order valence-electron chi connectivity index (χ1n) is 8.36. The van der Waals surface area contributed by atoms with Gasteiger partial charge in [0.15, 0.2) is 11.5 Å². The maximum absolute atomic E-state index is 12.3. The van der Waals surface area contributed by atoms with E-state index < -0.39 is 23.6 Å². The Bertz CT molecular complexity index is 943. The molecule has 0 aliphatic carbocycles. The maximum Gasteiger partial charge on any atom is 0.294 e. The lowest BCUT2D eigenvalue weighted by Gasteiger charge is -2.12. The first-order valence-corrected chi connectivity index (χ1v) is 9.18. The van der Waals surface area contributed by atoms with Crippen LogP contribution in [0.2, 0.25) is 0 Å². The largest absolute Gasteiger partial charge is 0.493 e. The van der Waals surface area contributed by atoms with Crippen LogP contribution >= 0.6 is 11.8 Å². The molecule has 1 saturated heterocycles. The molecule has 0 bridgehead atoms. The monoisotopic (exact) mass is 398 g/mol. The number of thioether (sulfide) groups is 1. The summed E-state index contributed by atoms with van der Waals surface area (Å²) in [5, 5.41) is -0.524. The molecule has 28 heavy (non-hydrogen) atoms. The number of carbonyl (C=O) groups is 3. The van der Waals surface area contributed by atoms with E-state index in [1.54, 1.807) is 31.4 Å². The number of hydrogen-bond donors (Lipinski definition) is 1. The number of amides is 3. The molecule has 1 aliphatic heterocycles. The van der Waals surface area contributed by atoms with Crippen molar-refractivity contribution in [1.82, 2.24) is 4.90 Å². The minimum Gasteiger partial charge on any atom is -0.493 e. The minimum atomic E-state index is -0.746. The molecule has 0 unspecified atom stereocenters. The Kier molecular flexibility index (Phi) is 6.00. The molecular formula is C20H18N2O5S. The highest BCUT2D eigenvalue weighted by Crippen LogP contribution is 2.34. The number of carbonyl (C=O) groups excluding carboxylic acids is 3. The Morgan fingerprint density at radius 3 is 2.57 bits per heavy atom. The van der Waals surface area contributed by atoms with Crippen LogP contribution in [-0.2, 0) is 16.2 Å². The van der Waals surface area contributed by atoms with E-state index in [1.165, 1.54) is 0 Å². The lowest BCUT2D eigenvalue weighted by Crippen LogP contribution is -2.36. The number of primary amides is 1. The molecular weight excluding hydrogens is 380 g/mol. The van der Waals surface area contributed by atoms with Gasteiger partial charge in [0.1, 0.15) is 13.2 Å². The van der Waals surface area contributed by atoms with Crippen molar-refractivity contribution in [2.24, 2.45) is 5.73 Å². The highest BCUT2D eigenvalue weighted by atomic mass is 32.2. The summed E-state index contributed by atoms with van der Waals surface area (Å²) in [5.74, 6) is -0.229.